The number of hydrogen-bond acceptors (Lipinski definition) is 0. The SMILES string of the molecule is [CH2-]CCC1C([Si]c2cc3c(-c4ccc(C)cc4)cccc3[cH-]2)=Cc2c(-c3ccc(C)cc3)cccc21.[CH3-].[CH3-].[Hf+4]. The van der Waals surface area contributed by atoms with E-state index in [0.717, 1.165) is 12.8 Å². The van der Waals surface area contributed by atoms with Gasteiger partial charge in [-0.3, -0.25) is 0 Å². The van der Waals surface area contributed by atoms with E-state index in [1.54, 1.807) is 5.20 Å². The predicted molar refractivity (Wildman–Crippen MR) is 170 cm³/mol. The molecule has 2 radical (unpaired) electrons. The van der Waals surface area contributed by atoms with Crippen LogP contribution in [0.25, 0.3) is 39.1 Å². The Morgan fingerprint density at radius 2 is 1.36 bits per heavy atom. The van der Waals surface area contributed by atoms with Crippen LogP contribution in [0.15, 0.2) is 102 Å². The molecule has 0 amide bonds. The molecule has 0 saturated carbocycles. The van der Waals surface area contributed by atoms with Crippen molar-refractivity contribution in [1.82, 2.24) is 0 Å². The van der Waals surface area contributed by atoms with Crippen LogP contribution in [0.3, 0.4) is 0 Å². The molecule has 1 aliphatic carbocycles. The second-order valence-electron chi connectivity index (χ2n) is 10.0. The first kappa shape index (κ1) is 30.9. The molecule has 1 atom stereocenters. The zero-order chi connectivity index (χ0) is 24.6. The molecule has 6 rings (SSSR count). The largest absolute Gasteiger partial charge is 4.00 e. The zero-order valence-corrected chi connectivity index (χ0v) is 28.1. The van der Waals surface area contributed by atoms with Crippen molar-refractivity contribution in [3.8, 4) is 22.3 Å². The van der Waals surface area contributed by atoms with Crippen LogP contribution in [0.1, 0.15) is 41.0 Å². The van der Waals surface area contributed by atoms with Crippen molar-refractivity contribution in [3.05, 3.63) is 146 Å². The molecule has 0 nitrogen and oxygen atoms in total. The van der Waals surface area contributed by atoms with Crippen LogP contribution in [-0.2, 0) is 25.8 Å². The monoisotopic (exact) mass is 688 g/mol. The van der Waals surface area contributed by atoms with Crippen molar-refractivity contribution in [2.45, 2.75) is 32.6 Å². The Bertz CT molecular complexity index is 1570. The van der Waals surface area contributed by atoms with Crippen molar-refractivity contribution in [2.75, 3.05) is 0 Å². The van der Waals surface area contributed by atoms with Gasteiger partial charge in [0.1, 0.15) is 0 Å². The van der Waals surface area contributed by atoms with Gasteiger partial charge in [-0.1, -0.05) is 107 Å². The molecular weight excluding hydrogens is 651 g/mol. The molecular formula is C37H36HfSi. The van der Waals surface area contributed by atoms with Gasteiger partial charge in [0.2, 0.25) is 0 Å². The topological polar surface area (TPSA) is 0 Å². The van der Waals surface area contributed by atoms with Crippen LogP contribution in [0, 0.1) is 35.6 Å². The van der Waals surface area contributed by atoms with Gasteiger partial charge in [0.05, 0.1) is 9.52 Å². The van der Waals surface area contributed by atoms with E-state index in [2.05, 4.69) is 124 Å². The van der Waals surface area contributed by atoms with Crippen LogP contribution >= 0.6 is 0 Å². The van der Waals surface area contributed by atoms with Crippen molar-refractivity contribution < 1.29 is 25.8 Å². The first-order chi connectivity index (χ1) is 17.6. The summed E-state index contributed by atoms with van der Waals surface area (Å²) in [4.78, 5) is 0. The summed E-state index contributed by atoms with van der Waals surface area (Å²) in [7, 11) is 0.665. The average molecular weight is 687 g/mol. The summed E-state index contributed by atoms with van der Waals surface area (Å²) in [6.07, 6.45) is 4.53. The third-order valence-corrected chi connectivity index (χ3v) is 8.81. The first-order valence-corrected chi connectivity index (χ1v) is 13.8. The van der Waals surface area contributed by atoms with E-state index in [9.17, 15) is 0 Å². The molecule has 1 unspecified atom stereocenters. The molecule has 39 heavy (non-hydrogen) atoms. The first-order valence-electron chi connectivity index (χ1n) is 12.8. The van der Waals surface area contributed by atoms with E-state index >= 15 is 0 Å². The zero-order valence-electron chi connectivity index (χ0n) is 23.5. The van der Waals surface area contributed by atoms with Crippen molar-refractivity contribution in [2.24, 2.45) is 0 Å². The van der Waals surface area contributed by atoms with Gasteiger partial charge in [0.25, 0.3) is 0 Å². The van der Waals surface area contributed by atoms with Gasteiger partial charge < -0.3 is 21.8 Å². The van der Waals surface area contributed by atoms with Gasteiger partial charge in [-0.2, -0.15) is 12.5 Å². The molecule has 0 heterocycles. The van der Waals surface area contributed by atoms with Gasteiger partial charge in [-0.05, 0) is 47.6 Å². The summed E-state index contributed by atoms with van der Waals surface area (Å²) in [5.41, 5.74) is 10.7. The van der Waals surface area contributed by atoms with E-state index in [0.29, 0.717) is 15.4 Å². The normalized spacial score (nSPS) is 13.6. The Labute approximate surface area is 257 Å². The Morgan fingerprint density at radius 3 is 2.00 bits per heavy atom. The number of fused-ring (bicyclic) bond motifs is 2. The maximum absolute atomic E-state index is 4.22. The second-order valence-corrected chi connectivity index (χ2v) is 11.4. The van der Waals surface area contributed by atoms with Gasteiger partial charge in [-0.15, -0.1) is 34.2 Å². The minimum Gasteiger partial charge on any atom is -0.358 e. The van der Waals surface area contributed by atoms with E-state index in [1.165, 1.54) is 60.5 Å². The summed E-state index contributed by atoms with van der Waals surface area (Å²) in [6, 6.07) is 36.2. The maximum atomic E-state index is 4.22. The Morgan fingerprint density at radius 1 is 0.769 bits per heavy atom. The minimum absolute atomic E-state index is 0. The van der Waals surface area contributed by atoms with Crippen molar-refractivity contribution in [1.29, 1.82) is 0 Å². The number of aryl methyl sites for hydroxylation is 2. The molecule has 0 aromatic heterocycles. The van der Waals surface area contributed by atoms with Crippen LogP contribution in [0.5, 0.6) is 0 Å². The average Bonchev–Trinajstić information content (AvgIpc) is 3.46. The molecule has 0 spiro atoms. The Balaban J connectivity index is 0.00000140. The van der Waals surface area contributed by atoms with E-state index < -0.39 is 0 Å². The van der Waals surface area contributed by atoms with Crippen LogP contribution < -0.4 is 5.19 Å². The van der Waals surface area contributed by atoms with E-state index in [1.807, 2.05) is 0 Å². The molecule has 0 fully saturated rings. The molecule has 0 saturated heterocycles. The van der Waals surface area contributed by atoms with Crippen molar-refractivity contribution in [3.63, 3.8) is 0 Å². The Kier molecular flexibility index (Phi) is 10.4. The summed E-state index contributed by atoms with van der Waals surface area (Å²) >= 11 is 0. The maximum Gasteiger partial charge on any atom is 4.00 e. The summed E-state index contributed by atoms with van der Waals surface area (Å²) < 4.78 is 0. The van der Waals surface area contributed by atoms with Crippen LogP contribution in [0.2, 0.25) is 0 Å². The number of benzene rings is 4. The fourth-order valence-corrected chi connectivity index (χ4v) is 7.02. The number of hydrogen-bond donors (Lipinski definition) is 0. The van der Waals surface area contributed by atoms with Gasteiger partial charge in [0.15, 0.2) is 0 Å². The molecule has 1 aliphatic rings. The fraction of sp³-hybridized carbons (Fsp3) is 0.135. The van der Waals surface area contributed by atoms with Gasteiger partial charge in [-0.25, -0.2) is 0 Å². The summed E-state index contributed by atoms with van der Waals surface area (Å²) in [6.45, 7) is 8.51. The summed E-state index contributed by atoms with van der Waals surface area (Å²) in [5.74, 6) is 0.454. The second kappa shape index (κ2) is 13.1. The van der Waals surface area contributed by atoms with Crippen LogP contribution in [0.4, 0.5) is 0 Å². The molecule has 192 valence electrons. The Hall–Kier alpha value is -2.68. The molecule has 5 aromatic rings. The van der Waals surface area contributed by atoms with Crippen LogP contribution in [-0.4, -0.2) is 9.52 Å². The molecule has 0 bridgehead atoms. The molecule has 0 aliphatic heterocycles. The third kappa shape index (κ3) is 6.08. The van der Waals surface area contributed by atoms with E-state index in [4.69, 9.17) is 0 Å². The summed E-state index contributed by atoms with van der Waals surface area (Å²) in [5, 5.41) is 5.66. The number of allylic oxidation sites excluding steroid dienone is 1. The van der Waals surface area contributed by atoms with Gasteiger partial charge in [0, 0.05) is 0 Å². The van der Waals surface area contributed by atoms with Gasteiger partial charge >= 0.3 is 25.8 Å². The fourth-order valence-electron chi connectivity index (χ4n) is 5.55. The number of rotatable bonds is 6. The smallest absolute Gasteiger partial charge is 0.358 e. The quantitative estimate of drug-likeness (QED) is 0.123. The van der Waals surface area contributed by atoms with E-state index in [-0.39, 0.29) is 40.7 Å². The van der Waals surface area contributed by atoms with Crippen molar-refractivity contribution >= 4 is 31.6 Å². The third-order valence-electron chi connectivity index (χ3n) is 7.45. The minimum atomic E-state index is 0. The standard InChI is InChI=1S/C35H30Si.2CH3.Hf/c1-4-7-32-31-11-6-10-30(26-18-14-24(3)15-19-26)34(31)22-35(32)36-28-20-27-8-5-9-29(33(27)21-28)25-16-12-23(2)13-17-25;;;/h5-6,8-22,32H,1,4,7H2,2-3H3;2*1H3;/q-2;2*-1;+4. The predicted octanol–water partition coefficient (Wildman–Crippen LogP) is 9.49. The molecule has 5 aromatic carbocycles. The molecule has 0 N–H and O–H groups in total. The molecule has 2 heteroatoms.